The molecule has 2 aromatic carbocycles. The molecule has 0 bridgehead atoms. The van der Waals surface area contributed by atoms with Gasteiger partial charge in [0.15, 0.2) is 11.5 Å². The molecule has 0 radical (unpaired) electrons. The van der Waals surface area contributed by atoms with Crippen LogP contribution in [0.2, 0.25) is 0 Å². The summed E-state index contributed by atoms with van der Waals surface area (Å²) in [7, 11) is 0. The van der Waals surface area contributed by atoms with Crippen molar-refractivity contribution < 1.29 is 19.1 Å². The molecule has 0 aromatic heterocycles. The molecular formula is C18H18N2O4. The maximum absolute atomic E-state index is 12.1. The van der Waals surface area contributed by atoms with E-state index in [4.69, 9.17) is 9.47 Å². The number of hydrogen-bond acceptors (Lipinski definition) is 4. The Hall–Kier alpha value is -3.02. The van der Waals surface area contributed by atoms with Crippen LogP contribution in [0.1, 0.15) is 28.9 Å². The Morgan fingerprint density at radius 3 is 2.62 bits per heavy atom. The van der Waals surface area contributed by atoms with E-state index in [9.17, 15) is 9.59 Å². The summed E-state index contributed by atoms with van der Waals surface area (Å²) < 4.78 is 10.4. The van der Waals surface area contributed by atoms with Gasteiger partial charge >= 0.3 is 0 Å². The van der Waals surface area contributed by atoms with Crippen molar-refractivity contribution >= 4 is 11.8 Å². The van der Waals surface area contributed by atoms with Gasteiger partial charge in [0.1, 0.15) is 0 Å². The van der Waals surface area contributed by atoms with Crippen molar-refractivity contribution in [1.82, 2.24) is 10.6 Å². The maximum Gasteiger partial charge on any atom is 0.251 e. The molecule has 6 nitrogen and oxygen atoms in total. The van der Waals surface area contributed by atoms with Gasteiger partial charge in [-0.2, -0.15) is 0 Å². The molecule has 24 heavy (non-hydrogen) atoms. The smallest absolute Gasteiger partial charge is 0.251 e. The number of amides is 2. The Kier molecular flexibility index (Phi) is 4.65. The monoisotopic (exact) mass is 326 g/mol. The average molecular weight is 326 g/mol. The van der Waals surface area contributed by atoms with Crippen LogP contribution in [0.4, 0.5) is 0 Å². The number of fused-ring (bicyclic) bond motifs is 1. The fraction of sp³-hybridized carbons (Fsp3) is 0.222. The van der Waals surface area contributed by atoms with E-state index in [0.717, 1.165) is 5.56 Å². The van der Waals surface area contributed by atoms with Gasteiger partial charge in [0.05, 0.1) is 12.6 Å². The first-order valence-corrected chi connectivity index (χ1v) is 7.65. The predicted molar refractivity (Wildman–Crippen MR) is 87.9 cm³/mol. The number of carbonyl (C=O) groups excluding carboxylic acids is 2. The summed E-state index contributed by atoms with van der Waals surface area (Å²) in [6.45, 7) is 1.96. The van der Waals surface area contributed by atoms with E-state index in [-0.39, 0.29) is 31.2 Å². The summed E-state index contributed by atoms with van der Waals surface area (Å²) >= 11 is 0. The van der Waals surface area contributed by atoms with Gasteiger partial charge in [-0.15, -0.1) is 0 Å². The van der Waals surface area contributed by atoms with Crippen LogP contribution in [-0.4, -0.2) is 25.2 Å². The first kappa shape index (κ1) is 15.9. The van der Waals surface area contributed by atoms with Crippen molar-refractivity contribution in [3.05, 3.63) is 59.7 Å². The highest BCUT2D eigenvalue weighted by atomic mass is 16.7. The van der Waals surface area contributed by atoms with Crippen LogP contribution >= 0.6 is 0 Å². The molecule has 2 N–H and O–H groups in total. The third-order valence-electron chi connectivity index (χ3n) is 3.72. The van der Waals surface area contributed by atoms with Gasteiger partial charge < -0.3 is 20.1 Å². The summed E-state index contributed by atoms with van der Waals surface area (Å²) in [6, 6.07) is 14.4. The van der Waals surface area contributed by atoms with Gasteiger partial charge in [0.25, 0.3) is 5.91 Å². The van der Waals surface area contributed by atoms with E-state index in [1.807, 2.05) is 37.3 Å². The van der Waals surface area contributed by atoms with Crippen LogP contribution in [-0.2, 0) is 4.79 Å². The van der Waals surface area contributed by atoms with Crippen molar-refractivity contribution in [2.45, 2.75) is 13.0 Å². The number of ether oxygens (including phenoxy) is 2. The summed E-state index contributed by atoms with van der Waals surface area (Å²) in [5.74, 6) is 0.557. The minimum Gasteiger partial charge on any atom is -0.454 e. The highest BCUT2D eigenvalue weighted by Crippen LogP contribution is 2.32. The molecule has 1 heterocycles. The lowest BCUT2D eigenvalue weighted by Crippen LogP contribution is -2.38. The topological polar surface area (TPSA) is 76.7 Å². The molecule has 1 aliphatic heterocycles. The normalized spacial score (nSPS) is 13.2. The number of hydrogen-bond donors (Lipinski definition) is 2. The van der Waals surface area contributed by atoms with Gasteiger partial charge in [0.2, 0.25) is 12.7 Å². The van der Waals surface area contributed by atoms with Gasteiger partial charge in [-0.05, 0) is 30.7 Å². The van der Waals surface area contributed by atoms with Crippen molar-refractivity contribution in [3.63, 3.8) is 0 Å². The molecule has 1 unspecified atom stereocenters. The van der Waals surface area contributed by atoms with Gasteiger partial charge in [-0.1, -0.05) is 30.3 Å². The minimum absolute atomic E-state index is 0.0928. The second kappa shape index (κ2) is 7.04. The molecule has 1 atom stereocenters. The van der Waals surface area contributed by atoms with Crippen LogP contribution in [0.25, 0.3) is 0 Å². The summed E-state index contributed by atoms with van der Waals surface area (Å²) in [6.07, 6.45) is 0. The molecule has 2 aromatic rings. The summed E-state index contributed by atoms with van der Waals surface area (Å²) in [4.78, 5) is 24.1. The minimum atomic E-state index is -0.337. The first-order valence-electron chi connectivity index (χ1n) is 7.65. The zero-order valence-electron chi connectivity index (χ0n) is 13.2. The molecular weight excluding hydrogens is 308 g/mol. The molecule has 1 aliphatic rings. The van der Waals surface area contributed by atoms with Crippen molar-refractivity contribution in [2.75, 3.05) is 13.3 Å². The number of benzene rings is 2. The second-order valence-corrected chi connectivity index (χ2v) is 5.45. The lowest BCUT2D eigenvalue weighted by Gasteiger charge is -2.14. The fourth-order valence-corrected chi connectivity index (χ4v) is 2.42. The van der Waals surface area contributed by atoms with E-state index in [1.54, 1.807) is 18.2 Å². The molecule has 0 spiro atoms. The molecule has 0 saturated heterocycles. The first-order chi connectivity index (χ1) is 11.6. The van der Waals surface area contributed by atoms with Gasteiger partial charge in [0, 0.05) is 5.56 Å². The Bertz CT molecular complexity index is 746. The molecule has 0 fully saturated rings. The number of nitrogens with one attached hydrogen (secondary N) is 2. The van der Waals surface area contributed by atoms with Crippen molar-refractivity contribution in [1.29, 1.82) is 0 Å². The van der Waals surface area contributed by atoms with E-state index in [0.29, 0.717) is 17.1 Å². The SMILES string of the molecule is CC(NC(=O)CNC(=O)c1ccc2c(c1)OCO2)c1ccccc1. The zero-order chi connectivity index (χ0) is 16.9. The maximum atomic E-state index is 12.1. The number of carbonyl (C=O) groups is 2. The predicted octanol–water partition coefficient (Wildman–Crippen LogP) is 2.02. The molecule has 0 saturated carbocycles. The molecule has 124 valence electrons. The Morgan fingerprint density at radius 2 is 1.83 bits per heavy atom. The van der Waals surface area contributed by atoms with Crippen LogP contribution in [0.5, 0.6) is 11.5 Å². The summed E-state index contributed by atoms with van der Waals surface area (Å²) in [5.41, 5.74) is 1.43. The van der Waals surface area contributed by atoms with Gasteiger partial charge in [-0.25, -0.2) is 0 Å². The standard InChI is InChI=1S/C18H18N2O4/c1-12(13-5-3-2-4-6-13)20-17(21)10-19-18(22)14-7-8-15-16(9-14)24-11-23-15/h2-9,12H,10-11H2,1H3,(H,19,22)(H,20,21). The number of rotatable bonds is 5. The lowest BCUT2D eigenvalue weighted by atomic mass is 10.1. The van der Waals surface area contributed by atoms with Crippen molar-refractivity contribution in [2.24, 2.45) is 0 Å². The van der Waals surface area contributed by atoms with Crippen LogP contribution in [0.3, 0.4) is 0 Å². The fourth-order valence-electron chi connectivity index (χ4n) is 2.42. The third-order valence-corrected chi connectivity index (χ3v) is 3.72. The molecule has 3 rings (SSSR count). The molecule has 2 amide bonds. The Balaban J connectivity index is 1.51. The quantitative estimate of drug-likeness (QED) is 0.881. The highest BCUT2D eigenvalue weighted by Gasteiger charge is 2.17. The van der Waals surface area contributed by atoms with E-state index < -0.39 is 0 Å². The van der Waals surface area contributed by atoms with E-state index in [1.165, 1.54) is 0 Å². The van der Waals surface area contributed by atoms with Crippen LogP contribution in [0, 0.1) is 0 Å². The largest absolute Gasteiger partial charge is 0.454 e. The lowest BCUT2D eigenvalue weighted by molar-refractivity contribution is -0.120. The Morgan fingerprint density at radius 1 is 1.08 bits per heavy atom. The van der Waals surface area contributed by atoms with Crippen LogP contribution in [0.15, 0.2) is 48.5 Å². The second-order valence-electron chi connectivity index (χ2n) is 5.45. The van der Waals surface area contributed by atoms with Crippen molar-refractivity contribution in [3.8, 4) is 11.5 Å². The average Bonchev–Trinajstić information content (AvgIpc) is 3.08. The Labute approximate surface area is 139 Å². The zero-order valence-corrected chi connectivity index (χ0v) is 13.2. The highest BCUT2D eigenvalue weighted by molar-refractivity contribution is 5.97. The molecule has 6 heteroatoms. The van der Waals surface area contributed by atoms with Gasteiger partial charge in [-0.3, -0.25) is 9.59 Å². The molecule has 0 aliphatic carbocycles. The third kappa shape index (κ3) is 3.65. The van der Waals surface area contributed by atoms with Crippen LogP contribution < -0.4 is 20.1 Å². The van der Waals surface area contributed by atoms with E-state index >= 15 is 0 Å². The van der Waals surface area contributed by atoms with E-state index in [2.05, 4.69) is 10.6 Å². The summed E-state index contributed by atoms with van der Waals surface area (Å²) in [5, 5.41) is 5.45.